The molecule has 0 spiro atoms. The Kier molecular flexibility index (Phi) is 4.48. The number of nitrogens with two attached hydrogens (primary N) is 1. The number of aromatic nitrogens is 3. The van der Waals surface area contributed by atoms with Gasteiger partial charge in [-0.15, -0.1) is 10.2 Å². The van der Waals surface area contributed by atoms with E-state index in [0.29, 0.717) is 12.5 Å². The predicted molar refractivity (Wildman–Crippen MR) is 69.6 cm³/mol. The second kappa shape index (κ2) is 6.50. The van der Waals surface area contributed by atoms with Gasteiger partial charge in [-0.05, 0) is 19.4 Å². The number of oxime groups is 1. The molecule has 0 unspecified atom stereocenters. The second-order valence-electron chi connectivity index (χ2n) is 4.13. The van der Waals surface area contributed by atoms with Crippen LogP contribution in [-0.2, 0) is 6.42 Å². The SMILES string of the molecule is Cc1cc(CCCOc2ccc(C(N)=NO)nn2)on1. The summed E-state index contributed by atoms with van der Waals surface area (Å²) in [5.74, 6) is 1.12. The van der Waals surface area contributed by atoms with Crippen molar-refractivity contribution in [2.24, 2.45) is 10.9 Å². The number of amidine groups is 1. The van der Waals surface area contributed by atoms with Gasteiger partial charge >= 0.3 is 0 Å². The number of hydrogen-bond donors (Lipinski definition) is 2. The molecular formula is C12H15N5O3. The molecule has 0 aliphatic heterocycles. The van der Waals surface area contributed by atoms with Gasteiger partial charge in [-0.25, -0.2) is 0 Å². The largest absolute Gasteiger partial charge is 0.477 e. The summed E-state index contributed by atoms with van der Waals surface area (Å²) in [6.07, 6.45) is 1.52. The first-order chi connectivity index (χ1) is 9.69. The summed E-state index contributed by atoms with van der Waals surface area (Å²) < 4.78 is 10.5. The lowest BCUT2D eigenvalue weighted by Crippen LogP contribution is -2.15. The Labute approximate surface area is 115 Å². The third kappa shape index (κ3) is 3.67. The monoisotopic (exact) mass is 277 g/mol. The zero-order valence-electron chi connectivity index (χ0n) is 11.0. The molecular weight excluding hydrogens is 262 g/mol. The van der Waals surface area contributed by atoms with Crippen molar-refractivity contribution >= 4 is 5.84 Å². The summed E-state index contributed by atoms with van der Waals surface area (Å²) in [5.41, 5.74) is 6.53. The van der Waals surface area contributed by atoms with Crippen LogP contribution in [0.2, 0.25) is 0 Å². The molecule has 0 atom stereocenters. The van der Waals surface area contributed by atoms with E-state index in [1.165, 1.54) is 0 Å². The maximum atomic E-state index is 8.49. The fourth-order valence-electron chi connectivity index (χ4n) is 1.54. The Morgan fingerprint density at radius 2 is 2.30 bits per heavy atom. The number of nitrogens with zero attached hydrogens (tertiary/aromatic N) is 4. The van der Waals surface area contributed by atoms with E-state index in [2.05, 4.69) is 20.5 Å². The highest BCUT2D eigenvalue weighted by Gasteiger charge is 2.04. The van der Waals surface area contributed by atoms with Gasteiger partial charge in [0.2, 0.25) is 5.88 Å². The molecule has 0 aromatic carbocycles. The molecule has 8 heteroatoms. The summed E-state index contributed by atoms with van der Waals surface area (Å²) in [4.78, 5) is 0. The smallest absolute Gasteiger partial charge is 0.233 e. The van der Waals surface area contributed by atoms with E-state index in [1.807, 2.05) is 13.0 Å². The van der Waals surface area contributed by atoms with Gasteiger partial charge in [-0.3, -0.25) is 0 Å². The van der Waals surface area contributed by atoms with Gasteiger partial charge in [0.05, 0.1) is 12.3 Å². The van der Waals surface area contributed by atoms with Crippen LogP contribution in [0.3, 0.4) is 0 Å². The molecule has 106 valence electrons. The lowest BCUT2D eigenvalue weighted by molar-refractivity contribution is 0.287. The van der Waals surface area contributed by atoms with Crippen molar-refractivity contribution in [2.45, 2.75) is 19.8 Å². The molecule has 0 radical (unpaired) electrons. The Bertz CT molecular complexity index is 579. The second-order valence-corrected chi connectivity index (χ2v) is 4.13. The van der Waals surface area contributed by atoms with Gasteiger partial charge in [0.15, 0.2) is 5.84 Å². The number of aryl methyl sites for hydroxylation is 2. The third-order valence-corrected chi connectivity index (χ3v) is 2.50. The molecule has 8 nitrogen and oxygen atoms in total. The molecule has 0 saturated carbocycles. The highest BCUT2D eigenvalue weighted by molar-refractivity contribution is 5.94. The molecule has 2 aromatic heterocycles. The first kappa shape index (κ1) is 13.8. The van der Waals surface area contributed by atoms with E-state index >= 15 is 0 Å². The molecule has 3 N–H and O–H groups in total. The van der Waals surface area contributed by atoms with Crippen molar-refractivity contribution in [2.75, 3.05) is 6.61 Å². The maximum absolute atomic E-state index is 8.49. The van der Waals surface area contributed by atoms with Crippen molar-refractivity contribution in [3.63, 3.8) is 0 Å². The highest BCUT2D eigenvalue weighted by atomic mass is 16.5. The van der Waals surface area contributed by atoms with Gasteiger partial charge in [0.25, 0.3) is 0 Å². The average Bonchev–Trinajstić information content (AvgIpc) is 2.89. The topological polar surface area (TPSA) is 120 Å². The lowest BCUT2D eigenvalue weighted by atomic mass is 10.2. The van der Waals surface area contributed by atoms with Crippen LogP contribution >= 0.6 is 0 Å². The van der Waals surface area contributed by atoms with Gasteiger partial charge in [0, 0.05) is 18.6 Å². The number of rotatable bonds is 6. The minimum Gasteiger partial charge on any atom is -0.477 e. The van der Waals surface area contributed by atoms with Crippen LogP contribution in [0, 0.1) is 6.92 Å². The predicted octanol–water partition coefficient (Wildman–Crippen LogP) is 0.879. The van der Waals surface area contributed by atoms with E-state index in [-0.39, 0.29) is 11.5 Å². The highest BCUT2D eigenvalue weighted by Crippen LogP contribution is 2.08. The molecule has 2 heterocycles. The molecule has 20 heavy (non-hydrogen) atoms. The van der Waals surface area contributed by atoms with Gasteiger partial charge < -0.3 is 20.2 Å². The minimum absolute atomic E-state index is 0.0928. The summed E-state index contributed by atoms with van der Waals surface area (Å²) in [5, 5.41) is 22.7. The van der Waals surface area contributed by atoms with Crippen LogP contribution < -0.4 is 10.5 Å². The normalized spacial score (nSPS) is 11.6. The molecule has 2 rings (SSSR count). The summed E-state index contributed by atoms with van der Waals surface area (Å²) in [6, 6.07) is 5.07. The standard InChI is InChI=1S/C12H15N5O3/c1-8-7-9(20-17-8)3-2-6-19-11-5-4-10(14-15-11)12(13)16-18/h4-5,7,18H,2-3,6H2,1H3,(H2,13,16). The van der Waals surface area contributed by atoms with Crippen LogP contribution in [-0.4, -0.2) is 33.0 Å². The molecule has 0 aliphatic carbocycles. The van der Waals surface area contributed by atoms with Crippen molar-refractivity contribution in [3.05, 3.63) is 35.3 Å². The third-order valence-electron chi connectivity index (χ3n) is 2.50. The number of hydrogen-bond acceptors (Lipinski definition) is 7. The molecule has 2 aromatic rings. The van der Waals surface area contributed by atoms with Crippen LogP contribution in [0.1, 0.15) is 23.6 Å². The Morgan fingerprint density at radius 1 is 1.45 bits per heavy atom. The fraction of sp³-hybridized carbons (Fsp3) is 0.333. The Balaban J connectivity index is 1.77. The molecule has 0 bridgehead atoms. The van der Waals surface area contributed by atoms with Crippen molar-refractivity contribution in [1.82, 2.24) is 15.4 Å². The zero-order chi connectivity index (χ0) is 14.4. The number of ether oxygens (including phenoxy) is 1. The molecule has 0 aliphatic rings. The van der Waals surface area contributed by atoms with Crippen LogP contribution in [0.25, 0.3) is 0 Å². The van der Waals surface area contributed by atoms with Gasteiger partial charge in [0.1, 0.15) is 11.5 Å². The van der Waals surface area contributed by atoms with E-state index in [4.69, 9.17) is 20.2 Å². The quantitative estimate of drug-likeness (QED) is 0.264. The van der Waals surface area contributed by atoms with Crippen molar-refractivity contribution in [1.29, 1.82) is 0 Å². The van der Waals surface area contributed by atoms with Crippen molar-refractivity contribution < 1.29 is 14.5 Å². The van der Waals surface area contributed by atoms with E-state index < -0.39 is 0 Å². The fourth-order valence-corrected chi connectivity index (χ4v) is 1.54. The van der Waals surface area contributed by atoms with Crippen molar-refractivity contribution in [3.8, 4) is 5.88 Å². The van der Waals surface area contributed by atoms with E-state index in [0.717, 1.165) is 24.3 Å². The van der Waals surface area contributed by atoms with Crippen LogP contribution in [0.4, 0.5) is 0 Å². The van der Waals surface area contributed by atoms with Gasteiger partial charge in [-0.1, -0.05) is 10.3 Å². The molecule has 0 fully saturated rings. The van der Waals surface area contributed by atoms with Crippen LogP contribution in [0.15, 0.2) is 27.9 Å². The first-order valence-corrected chi connectivity index (χ1v) is 6.05. The average molecular weight is 277 g/mol. The Morgan fingerprint density at radius 3 is 2.90 bits per heavy atom. The lowest BCUT2D eigenvalue weighted by Gasteiger charge is -2.03. The Hall–Kier alpha value is -2.64. The first-order valence-electron chi connectivity index (χ1n) is 6.05. The summed E-state index contributed by atoms with van der Waals surface area (Å²) in [6.45, 7) is 2.36. The van der Waals surface area contributed by atoms with Gasteiger partial charge in [-0.2, -0.15) is 0 Å². The van der Waals surface area contributed by atoms with Crippen LogP contribution in [0.5, 0.6) is 5.88 Å². The minimum atomic E-state index is -0.0928. The maximum Gasteiger partial charge on any atom is 0.233 e. The summed E-state index contributed by atoms with van der Waals surface area (Å²) in [7, 11) is 0. The molecule has 0 amide bonds. The van der Waals surface area contributed by atoms with E-state index in [1.54, 1.807) is 12.1 Å². The zero-order valence-corrected chi connectivity index (χ0v) is 11.0. The van der Waals surface area contributed by atoms with E-state index in [9.17, 15) is 0 Å². The summed E-state index contributed by atoms with van der Waals surface area (Å²) >= 11 is 0. The molecule has 0 saturated heterocycles.